The minimum absolute atomic E-state index is 0.105. The normalized spacial score (nSPS) is 19.2. The molecule has 0 spiro atoms. The molecule has 8 rings (SSSR count). The van der Waals surface area contributed by atoms with Gasteiger partial charge in [0.2, 0.25) is 5.95 Å². The molecule has 16 heteroatoms. The molecule has 1 fully saturated rings. The summed E-state index contributed by atoms with van der Waals surface area (Å²) in [6.07, 6.45) is 0.495. The van der Waals surface area contributed by atoms with E-state index in [0.717, 1.165) is 12.1 Å². The fraction of sp³-hybridized carbons (Fsp3) is 0.351. The second-order valence-corrected chi connectivity index (χ2v) is 15.7. The average Bonchev–Trinajstić information content (AvgIpc) is 3.44. The summed E-state index contributed by atoms with van der Waals surface area (Å²) in [5, 5.41) is 16.3. The highest BCUT2D eigenvalue weighted by Gasteiger charge is 2.55. The van der Waals surface area contributed by atoms with Crippen molar-refractivity contribution in [3.8, 4) is 16.8 Å². The summed E-state index contributed by atoms with van der Waals surface area (Å²) in [6, 6.07) is 13.2. The smallest absolute Gasteiger partial charge is 0.425 e. The largest absolute Gasteiger partial charge is 0.443 e. The lowest BCUT2D eigenvalue weighted by Gasteiger charge is -2.27. The van der Waals surface area contributed by atoms with Gasteiger partial charge >= 0.3 is 12.2 Å². The Morgan fingerprint density at radius 1 is 0.981 bits per heavy atom. The van der Waals surface area contributed by atoms with Crippen molar-refractivity contribution in [2.45, 2.75) is 77.5 Å². The Morgan fingerprint density at radius 2 is 1.72 bits per heavy atom. The minimum Gasteiger partial charge on any atom is -0.443 e. The molecular formula is C37H34ClFN8O6. The van der Waals surface area contributed by atoms with Crippen molar-refractivity contribution in [3.63, 3.8) is 0 Å². The van der Waals surface area contributed by atoms with E-state index in [9.17, 15) is 14.4 Å². The topological polar surface area (TPSA) is 160 Å². The standard InChI is InChI=1S/C37H34ClFN8O6/c1-36(2,3)51-34(49)47(35(50)52-37(4,5)6)33-21-9-7-18(12-29(21)53-42-33)23-16-26(41-32(23)39)31-25-15-24(25)28-11-19(13-30(48)46(28)31)22-14-20(38)8-10-27(22)45-17-40-43-44-45/h7-14,17,24-25,31H,15-16H2,1-6H3/t24-,25+,31+/m1/s1. The molecule has 0 N–H and O–H groups in total. The Hall–Kier alpha value is -5.70. The Labute approximate surface area is 306 Å². The van der Waals surface area contributed by atoms with Crippen molar-refractivity contribution >= 4 is 51.9 Å². The molecule has 3 aliphatic rings. The Bertz CT molecular complexity index is 2430. The van der Waals surface area contributed by atoms with E-state index in [-0.39, 0.29) is 35.2 Å². The summed E-state index contributed by atoms with van der Waals surface area (Å²) in [6.45, 7) is 10.0. The van der Waals surface area contributed by atoms with E-state index in [1.54, 1.807) is 88.6 Å². The molecule has 53 heavy (non-hydrogen) atoms. The third-order valence-electron chi connectivity index (χ3n) is 9.22. The van der Waals surface area contributed by atoms with Crippen LogP contribution in [-0.4, -0.2) is 59.0 Å². The predicted octanol–water partition coefficient (Wildman–Crippen LogP) is 7.80. The molecule has 0 bridgehead atoms. The number of amides is 2. The molecule has 1 aliphatic carbocycles. The molecule has 3 aromatic heterocycles. The van der Waals surface area contributed by atoms with Crippen LogP contribution < -0.4 is 10.5 Å². The molecule has 0 saturated heterocycles. The first-order valence-corrected chi connectivity index (χ1v) is 17.4. The van der Waals surface area contributed by atoms with Crippen LogP contribution >= 0.6 is 11.6 Å². The average molecular weight is 741 g/mol. The van der Waals surface area contributed by atoms with Crippen LogP contribution in [0.3, 0.4) is 0 Å². The summed E-state index contributed by atoms with van der Waals surface area (Å²) in [7, 11) is 0. The van der Waals surface area contributed by atoms with Gasteiger partial charge in [-0.05, 0) is 112 Å². The Kier molecular flexibility index (Phi) is 7.91. The Morgan fingerprint density at radius 3 is 2.40 bits per heavy atom. The number of allylic oxidation sites excluding steroid dienone is 1. The van der Waals surface area contributed by atoms with Gasteiger partial charge < -0.3 is 18.6 Å². The van der Waals surface area contributed by atoms with E-state index in [0.29, 0.717) is 49.0 Å². The third kappa shape index (κ3) is 6.28. The van der Waals surface area contributed by atoms with Crippen LogP contribution in [0, 0.1) is 5.92 Å². The minimum atomic E-state index is -0.994. The number of ether oxygens (including phenoxy) is 2. The maximum absolute atomic E-state index is 15.8. The maximum Gasteiger partial charge on any atom is 0.425 e. The van der Waals surface area contributed by atoms with Crippen LogP contribution in [0.1, 0.15) is 77.6 Å². The molecule has 2 aliphatic heterocycles. The molecule has 0 radical (unpaired) electrons. The first-order chi connectivity index (χ1) is 25.1. The van der Waals surface area contributed by atoms with Crippen LogP contribution in [0.15, 0.2) is 75.1 Å². The zero-order valence-corrected chi connectivity index (χ0v) is 30.4. The second-order valence-electron chi connectivity index (χ2n) is 15.3. The molecule has 2 aromatic carbocycles. The Balaban J connectivity index is 1.08. The van der Waals surface area contributed by atoms with Gasteiger partial charge in [0.1, 0.15) is 17.5 Å². The molecule has 2 amide bonds. The monoisotopic (exact) mass is 740 g/mol. The molecule has 3 atom stereocenters. The van der Waals surface area contributed by atoms with Crippen molar-refractivity contribution in [3.05, 3.63) is 87.4 Å². The molecule has 14 nitrogen and oxygen atoms in total. The van der Waals surface area contributed by atoms with Crippen LogP contribution in [0.2, 0.25) is 5.02 Å². The number of rotatable bonds is 5. The van der Waals surface area contributed by atoms with E-state index in [4.69, 9.17) is 25.6 Å². The molecule has 272 valence electrons. The van der Waals surface area contributed by atoms with Gasteiger partial charge in [0.25, 0.3) is 5.56 Å². The highest BCUT2D eigenvalue weighted by molar-refractivity contribution is 6.31. The number of aliphatic imine (C=N–C) groups is 1. The van der Waals surface area contributed by atoms with Gasteiger partial charge in [-0.2, -0.15) is 14.0 Å². The number of fused-ring (bicyclic) bond motifs is 4. The van der Waals surface area contributed by atoms with Gasteiger partial charge in [-0.3, -0.25) is 4.79 Å². The van der Waals surface area contributed by atoms with Gasteiger partial charge in [0, 0.05) is 46.0 Å². The van der Waals surface area contributed by atoms with Gasteiger partial charge in [-0.15, -0.1) is 5.10 Å². The number of carbonyl (C=O) groups excluding carboxylic acids is 2. The first-order valence-electron chi connectivity index (χ1n) is 17.0. The lowest BCUT2D eigenvalue weighted by Crippen LogP contribution is -2.44. The van der Waals surface area contributed by atoms with Crippen molar-refractivity contribution in [2.75, 3.05) is 4.90 Å². The molecule has 0 unspecified atom stereocenters. The van der Waals surface area contributed by atoms with Crippen LogP contribution in [0.25, 0.3) is 33.4 Å². The van der Waals surface area contributed by atoms with E-state index in [1.165, 1.54) is 11.0 Å². The third-order valence-corrected chi connectivity index (χ3v) is 9.46. The lowest BCUT2D eigenvalue weighted by molar-refractivity contribution is 0.0428. The maximum atomic E-state index is 15.8. The van der Waals surface area contributed by atoms with E-state index in [1.807, 2.05) is 6.07 Å². The number of tetrazole rings is 1. The van der Waals surface area contributed by atoms with Gasteiger partial charge in [-0.1, -0.05) is 22.8 Å². The van der Waals surface area contributed by atoms with E-state index >= 15 is 4.39 Å². The zero-order chi connectivity index (χ0) is 37.6. The van der Waals surface area contributed by atoms with Crippen LogP contribution in [0.4, 0.5) is 19.8 Å². The molecular weight excluding hydrogens is 707 g/mol. The fourth-order valence-corrected chi connectivity index (χ4v) is 7.23. The van der Waals surface area contributed by atoms with Crippen molar-refractivity contribution in [1.29, 1.82) is 0 Å². The van der Waals surface area contributed by atoms with Crippen molar-refractivity contribution in [2.24, 2.45) is 10.9 Å². The first kappa shape index (κ1) is 34.4. The van der Waals surface area contributed by atoms with Crippen molar-refractivity contribution < 1.29 is 28.0 Å². The summed E-state index contributed by atoms with van der Waals surface area (Å²) < 4.78 is 35.5. The number of benzene rings is 2. The number of imide groups is 1. The number of pyridine rings is 1. The van der Waals surface area contributed by atoms with E-state index < -0.39 is 35.4 Å². The number of aromatic nitrogens is 6. The molecule has 1 saturated carbocycles. The summed E-state index contributed by atoms with van der Waals surface area (Å²) in [5.74, 6) is -0.562. The number of hydrogen-bond donors (Lipinski definition) is 0. The quantitative estimate of drug-likeness (QED) is 0.163. The SMILES string of the molecule is CC(C)(C)OC(=O)N(C(=O)OC(C)(C)C)c1noc2cc(C3=C(F)N=C([C@@H]4[C@H]5C[C@H]5c5cc(-c6cc(Cl)ccc6-n6cnnn6)cc(=O)n54)C3)ccc12. The highest BCUT2D eigenvalue weighted by Crippen LogP contribution is 2.60. The fourth-order valence-electron chi connectivity index (χ4n) is 7.06. The highest BCUT2D eigenvalue weighted by atomic mass is 35.5. The van der Waals surface area contributed by atoms with Gasteiger partial charge in [-0.25, -0.2) is 14.6 Å². The predicted molar refractivity (Wildman–Crippen MR) is 193 cm³/mol. The summed E-state index contributed by atoms with van der Waals surface area (Å²) in [5.41, 5.74) is 2.37. The molecule has 5 heterocycles. The van der Waals surface area contributed by atoms with Crippen LogP contribution in [-0.2, 0) is 9.47 Å². The van der Waals surface area contributed by atoms with E-state index in [2.05, 4.69) is 25.7 Å². The van der Waals surface area contributed by atoms with Crippen LogP contribution in [0.5, 0.6) is 0 Å². The summed E-state index contributed by atoms with van der Waals surface area (Å²) >= 11 is 6.37. The number of hydrogen-bond acceptors (Lipinski definition) is 11. The summed E-state index contributed by atoms with van der Waals surface area (Å²) in [4.78, 5) is 45.3. The number of anilines is 1. The lowest BCUT2D eigenvalue weighted by atomic mass is 9.97. The number of carbonyl (C=O) groups is 2. The zero-order valence-electron chi connectivity index (χ0n) is 29.6. The number of halogens is 2. The molecule has 5 aromatic rings. The van der Waals surface area contributed by atoms with Gasteiger partial charge in [0.05, 0.1) is 17.1 Å². The van der Waals surface area contributed by atoms with Crippen molar-refractivity contribution in [1.82, 2.24) is 29.9 Å². The van der Waals surface area contributed by atoms with Gasteiger partial charge in [0.15, 0.2) is 11.4 Å². The second kappa shape index (κ2) is 12.2. The number of nitrogens with zero attached hydrogens (tertiary/aromatic N) is 8.